The predicted molar refractivity (Wildman–Crippen MR) is 105 cm³/mol. The van der Waals surface area contributed by atoms with Crippen LogP contribution in [0, 0.1) is 0 Å². The van der Waals surface area contributed by atoms with E-state index in [0.29, 0.717) is 9.23 Å². The van der Waals surface area contributed by atoms with Crippen molar-refractivity contribution in [2.75, 3.05) is 0 Å². The van der Waals surface area contributed by atoms with E-state index in [1.165, 1.54) is 16.8 Å². The van der Waals surface area contributed by atoms with Crippen LogP contribution in [-0.2, 0) is 4.79 Å². The van der Waals surface area contributed by atoms with Crippen LogP contribution in [0.15, 0.2) is 82.8 Å². The van der Waals surface area contributed by atoms with Gasteiger partial charge in [-0.3, -0.25) is 4.79 Å². The maximum atomic E-state index is 12.4. The smallest absolute Gasteiger partial charge is 0.266 e. The molecule has 2 aromatic rings. The molecule has 1 amide bonds. The minimum absolute atomic E-state index is 0.199. The maximum absolute atomic E-state index is 12.4. The van der Waals surface area contributed by atoms with Crippen molar-refractivity contribution in [2.24, 2.45) is 5.10 Å². The Kier molecular flexibility index (Phi) is 5.36. The van der Waals surface area contributed by atoms with E-state index in [4.69, 9.17) is 12.2 Å². The van der Waals surface area contributed by atoms with E-state index in [1.54, 1.807) is 12.3 Å². The lowest BCUT2D eigenvalue weighted by Gasteiger charge is -2.05. The molecule has 5 heteroatoms. The van der Waals surface area contributed by atoms with Gasteiger partial charge in [-0.1, -0.05) is 84.6 Å². The molecule has 3 rings (SSSR count). The second-order valence-electron chi connectivity index (χ2n) is 4.94. The average Bonchev–Trinajstić information content (AvgIpc) is 2.89. The first-order valence-electron chi connectivity index (χ1n) is 7.33. The standard InChI is InChI=1S/C19H14N2OS2/c22-18-17(13-7-12-15-8-3-1-4-9-15)24-19(23)21(18)20-14-16-10-5-2-6-11-16/h1-14H/b12-7-,17-13+,20-14+. The van der Waals surface area contributed by atoms with Gasteiger partial charge in [0, 0.05) is 0 Å². The Morgan fingerprint density at radius 3 is 2.25 bits per heavy atom. The highest BCUT2D eigenvalue weighted by atomic mass is 32.2. The van der Waals surface area contributed by atoms with Crippen LogP contribution in [0.3, 0.4) is 0 Å². The number of allylic oxidation sites excluding steroid dienone is 2. The molecule has 0 N–H and O–H groups in total. The van der Waals surface area contributed by atoms with Crippen molar-refractivity contribution in [3.63, 3.8) is 0 Å². The molecule has 1 aliphatic heterocycles. The number of carbonyl (C=O) groups is 1. The van der Waals surface area contributed by atoms with Gasteiger partial charge in [0.15, 0.2) is 4.32 Å². The van der Waals surface area contributed by atoms with E-state index in [0.717, 1.165) is 11.1 Å². The van der Waals surface area contributed by atoms with Gasteiger partial charge in [0.05, 0.1) is 11.1 Å². The minimum atomic E-state index is -0.199. The van der Waals surface area contributed by atoms with Gasteiger partial charge in [-0.25, -0.2) is 0 Å². The number of hydrogen-bond acceptors (Lipinski definition) is 4. The van der Waals surface area contributed by atoms with Gasteiger partial charge < -0.3 is 0 Å². The van der Waals surface area contributed by atoms with Crippen molar-refractivity contribution < 1.29 is 4.79 Å². The molecule has 0 atom stereocenters. The van der Waals surface area contributed by atoms with E-state index in [9.17, 15) is 4.79 Å². The summed E-state index contributed by atoms with van der Waals surface area (Å²) < 4.78 is 0.437. The van der Waals surface area contributed by atoms with Crippen molar-refractivity contribution >= 4 is 46.5 Å². The maximum Gasteiger partial charge on any atom is 0.286 e. The van der Waals surface area contributed by atoms with Crippen molar-refractivity contribution in [3.05, 3.63) is 88.8 Å². The first-order chi connectivity index (χ1) is 11.7. The molecule has 1 saturated heterocycles. The number of rotatable bonds is 4. The first kappa shape index (κ1) is 16.4. The highest BCUT2D eigenvalue weighted by Gasteiger charge is 2.31. The van der Waals surface area contributed by atoms with Gasteiger partial charge in [-0.15, -0.1) is 0 Å². The third-order valence-electron chi connectivity index (χ3n) is 3.23. The second-order valence-corrected chi connectivity index (χ2v) is 6.62. The summed E-state index contributed by atoms with van der Waals surface area (Å²) in [6.45, 7) is 0. The number of nitrogens with zero attached hydrogens (tertiary/aromatic N) is 2. The van der Waals surface area contributed by atoms with Crippen LogP contribution in [-0.4, -0.2) is 21.5 Å². The summed E-state index contributed by atoms with van der Waals surface area (Å²) in [7, 11) is 0. The number of thioether (sulfide) groups is 1. The Morgan fingerprint density at radius 1 is 0.958 bits per heavy atom. The molecule has 0 unspecified atom stereocenters. The fraction of sp³-hybridized carbons (Fsp3) is 0. The Morgan fingerprint density at radius 2 is 1.58 bits per heavy atom. The molecule has 0 spiro atoms. The van der Waals surface area contributed by atoms with Crippen molar-refractivity contribution in [1.82, 2.24) is 5.01 Å². The molecule has 24 heavy (non-hydrogen) atoms. The van der Waals surface area contributed by atoms with Crippen LogP contribution >= 0.6 is 24.0 Å². The summed E-state index contributed by atoms with van der Waals surface area (Å²) in [5, 5.41) is 5.46. The molecule has 0 radical (unpaired) electrons. The van der Waals surface area contributed by atoms with Crippen LogP contribution in [0.5, 0.6) is 0 Å². The second kappa shape index (κ2) is 7.86. The third-order valence-corrected chi connectivity index (χ3v) is 4.53. The molecular weight excluding hydrogens is 336 g/mol. The van der Waals surface area contributed by atoms with Crippen molar-refractivity contribution in [2.45, 2.75) is 0 Å². The highest BCUT2D eigenvalue weighted by Crippen LogP contribution is 2.31. The Hall–Kier alpha value is -2.50. The summed E-state index contributed by atoms with van der Waals surface area (Å²) in [6.07, 6.45) is 7.19. The van der Waals surface area contributed by atoms with E-state index in [-0.39, 0.29) is 5.91 Å². The lowest BCUT2D eigenvalue weighted by molar-refractivity contribution is -0.122. The predicted octanol–water partition coefficient (Wildman–Crippen LogP) is 4.48. The van der Waals surface area contributed by atoms with Gasteiger partial charge in [0.1, 0.15) is 0 Å². The molecule has 1 heterocycles. The molecule has 0 bridgehead atoms. The summed E-state index contributed by atoms with van der Waals surface area (Å²) >= 11 is 6.50. The molecule has 0 saturated carbocycles. The first-order valence-corrected chi connectivity index (χ1v) is 8.55. The number of carbonyl (C=O) groups excluding carboxylic acids is 1. The monoisotopic (exact) mass is 350 g/mol. The highest BCUT2D eigenvalue weighted by molar-refractivity contribution is 8.26. The average molecular weight is 350 g/mol. The quantitative estimate of drug-likeness (QED) is 0.463. The fourth-order valence-corrected chi connectivity index (χ4v) is 3.17. The molecule has 1 aliphatic rings. The van der Waals surface area contributed by atoms with Crippen LogP contribution in [0.4, 0.5) is 0 Å². The van der Waals surface area contributed by atoms with Crippen LogP contribution < -0.4 is 0 Å². The van der Waals surface area contributed by atoms with Crippen LogP contribution in [0.2, 0.25) is 0 Å². The largest absolute Gasteiger partial charge is 0.286 e. The number of hydrazone groups is 1. The summed E-state index contributed by atoms with van der Waals surface area (Å²) in [6, 6.07) is 19.5. The molecular formula is C19H14N2OS2. The zero-order chi connectivity index (χ0) is 16.8. The Labute approximate surface area is 150 Å². The normalized spacial score (nSPS) is 16.8. The topological polar surface area (TPSA) is 32.7 Å². The number of benzene rings is 2. The number of amides is 1. The lowest BCUT2D eigenvalue weighted by atomic mass is 10.2. The van der Waals surface area contributed by atoms with Crippen molar-refractivity contribution in [1.29, 1.82) is 0 Å². The molecule has 1 fully saturated rings. The Balaban J connectivity index is 1.71. The van der Waals surface area contributed by atoms with Crippen LogP contribution in [0.25, 0.3) is 6.08 Å². The molecule has 0 aromatic heterocycles. The Bertz CT molecular complexity index is 827. The van der Waals surface area contributed by atoms with E-state index < -0.39 is 0 Å². The number of hydrogen-bond donors (Lipinski definition) is 0. The van der Waals surface area contributed by atoms with Gasteiger partial charge in [0.25, 0.3) is 5.91 Å². The van der Waals surface area contributed by atoms with E-state index in [1.807, 2.05) is 72.8 Å². The fourth-order valence-electron chi connectivity index (χ4n) is 2.05. The third kappa shape index (κ3) is 4.07. The molecule has 3 nitrogen and oxygen atoms in total. The van der Waals surface area contributed by atoms with Gasteiger partial charge in [-0.05, 0) is 29.4 Å². The zero-order valence-corrected chi connectivity index (χ0v) is 14.3. The van der Waals surface area contributed by atoms with E-state index >= 15 is 0 Å². The summed E-state index contributed by atoms with van der Waals surface area (Å²) in [5.74, 6) is -0.199. The summed E-state index contributed by atoms with van der Waals surface area (Å²) in [4.78, 5) is 12.9. The van der Waals surface area contributed by atoms with Crippen molar-refractivity contribution in [3.8, 4) is 0 Å². The van der Waals surface area contributed by atoms with Gasteiger partial charge >= 0.3 is 0 Å². The lowest BCUT2D eigenvalue weighted by Crippen LogP contribution is -2.22. The SMILES string of the molecule is O=C1/C(=C\C=C/c2ccccc2)SC(=S)N1/N=C/c1ccccc1. The molecule has 0 aliphatic carbocycles. The molecule has 2 aromatic carbocycles. The summed E-state index contributed by atoms with van der Waals surface area (Å²) in [5.41, 5.74) is 1.99. The minimum Gasteiger partial charge on any atom is -0.266 e. The van der Waals surface area contributed by atoms with Gasteiger partial charge in [0.2, 0.25) is 0 Å². The zero-order valence-electron chi connectivity index (χ0n) is 12.7. The van der Waals surface area contributed by atoms with Crippen LogP contribution in [0.1, 0.15) is 11.1 Å². The molecule has 118 valence electrons. The van der Waals surface area contributed by atoms with Gasteiger partial charge in [-0.2, -0.15) is 10.1 Å². The number of thiocarbonyl (C=S) groups is 1. The van der Waals surface area contributed by atoms with E-state index in [2.05, 4.69) is 5.10 Å².